The van der Waals surface area contributed by atoms with Gasteiger partial charge in [-0.1, -0.05) is 0 Å². The molecule has 1 heterocycles. The summed E-state index contributed by atoms with van der Waals surface area (Å²) in [4.78, 5) is 28.5. The van der Waals surface area contributed by atoms with Crippen molar-refractivity contribution in [2.24, 2.45) is 0 Å². The number of piperazine rings is 1. The molecule has 3 rings (SSSR count). The highest BCUT2D eigenvalue weighted by Gasteiger charge is 2.54. The molecule has 2 aliphatic rings. The number of nitrogens with zero attached hydrogens (tertiary/aromatic N) is 2. The predicted octanol–water partition coefficient (Wildman–Crippen LogP) is 3.66. The zero-order valence-corrected chi connectivity index (χ0v) is 16.8. The van der Waals surface area contributed by atoms with Gasteiger partial charge in [-0.3, -0.25) is 4.79 Å². The molecule has 0 atom stereocenters. The van der Waals surface area contributed by atoms with Gasteiger partial charge in [0, 0.05) is 23.2 Å². The Morgan fingerprint density at radius 2 is 1.92 bits per heavy atom. The minimum absolute atomic E-state index is 0.0948. The lowest BCUT2D eigenvalue weighted by Crippen LogP contribution is -2.58. The lowest BCUT2D eigenvalue weighted by molar-refractivity contribution is 0.000517. The van der Waals surface area contributed by atoms with Crippen LogP contribution in [0.5, 0.6) is 0 Å². The number of rotatable bonds is 1. The van der Waals surface area contributed by atoms with Crippen molar-refractivity contribution in [1.82, 2.24) is 9.80 Å². The molecule has 7 heteroatoms. The number of hydrogen-bond acceptors (Lipinski definition) is 3. The Labute approximate surface area is 160 Å². The van der Waals surface area contributed by atoms with E-state index < -0.39 is 11.4 Å². The van der Waals surface area contributed by atoms with E-state index in [0.29, 0.717) is 19.6 Å². The lowest BCUT2D eigenvalue weighted by atomic mass is 10.1. The predicted molar refractivity (Wildman–Crippen MR) is 99.9 cm³/mol. The van der Waals surface area contributed by atoms with Gasteiger partial charge in [-0.15, -0.1) is 0 Å². The molecule has 25 heavy (non-hydrogen) atoms. The second-order valence-corrected chi connectivity index (χ2v) is 8.95. The van der Waals surface area contributed by atoms with E-state index in [9.17, 15) is 14.0 Å². The number of ether oxygens (including phenoxy) is 1. The van der Waals surface area contributed by atoms with E-state index in [-0.39, 0.29) is 23.1 Å². The Morgan fingerprint density at radius 3 is 2.48 bits per heavy atom. The minimum atomic E-state index is -0.551. The van der Waals surface area contributed by atoms with E-state index >= 15 is 0 Å². The van der Waals surface area contributed by atoms with Crippen molar-refractivity contribution in [1.29, 1.82) is 0 Å². The number of carbonyl (C=O) groups excluding carboxylic acids is 2. The summed E-state index contributed by atoms with van der Waals surface area (Å²) in [5, 5.41) is 0. The SMILES string of the molecule is CC(C)(C)OC(=O)N1CCN(C(=O)c2ccc(I)cc2F)C2(CC2)C1. The van der Waals surface area contributed by atoms with E-state index in [1.807, 2.05) is 43.4 Å². The monoisotopic (exact) mass is 460 g/mol. The van der Waals surface area contributed by atoms with Gasteiger partial charge in [0.15, 0.2) is 0 Å². The first-order chi connectivity index (χ1) is 11.6. The van der Waals surface area contributed by atoms with Crippen molar-refractivity contribution < 1.29 is 18.7 Å². The number of benzene rings is 1. The molecule has 2 fully saturated rings. The summed E-state index contributed by atoms with van der Waals surface area (Å²) >= 11 is 2.02. The van der Waals surface area contributed by atoms with Gasteiger partial charge in [0.25, 0.3) is 5.91 Å². The zero-order valence-electron chi connectivity index (χ0n) is 14.6. The fourth-order valence-electron chi connectivity index (χ4n) is 3.16. The smallest absolute Gasteiger partial charge is 0.410 e. The van der Waals surface area contributed by atoms with Crippen LogP contribution in [0.2, 0.25) is 0 Å². The normalized spacial score (nSPS) is 19.1. The van der Waals surface area contributed by atoms with Crippen molar-refractivity contribution in [3.8, 4) is 0 Å². The van der Waals surface area contributed by atoms with Gasteiger partial charge in [0.1, 0.15) is 11.4 Å². The van der Waals surface area contributed by atoms with Crippen LogP contribution in [0.15, 0.2) is 18.2 Å². The Balaban J connectivity index is 1.74. The van der Waals surface area contributed by atoms with Crippen LogP contribution in [0.25, 0.3) is 0 Å². The van der Waals surface area contributed by atoms with Gasteiger partial charge in [0.2, 0.25) is 0 Å². The largest absolute Gasteiger partial charge is 0.444 e. The van der Waals surface area contributed by atoms with Crippen molar-refractivity contribution in [3.05, 3.63) is 33.1 Å². The van der Waals surface area contributed by atoms with Crippen LogP contribution in [-0.4, -0.2) is 52.6 Å². The summed E-state index contributed by atoms with van der Waals surface area (Å²) in [6, 6.07) is 4.63. The molecule has 0 radical (unpaired) electrons. The molecule has 0 aromatic heterocycles. The van der Waals surface area contributed by atoms with Gasteiger partial charge in [-0.2, -0.15) is 0 Å². The molecule has 2 amide bonds. The van der Waals surface area contributed by atoms with Crippen LogP contribution in [0.1, 0.15) is 44.0 Å². The van der Waals surface area contributed by atoms with E-state index in [0.717, 1.165) is 16.4 Å². The molecule has 0 unspecified atom stereocenters. The van der Waals surface area contributed by atoms with Crippen LogP contribution in [0.3, 0.4) is 0 Å². The number of amides is 2. The van der Waals surface area contributed by atoms with Crippen molar-refractivity contribution >= 4 is 34.6 Å². The van der Waals surface area contributed by atoms with Gasteiger partial charge >= 0.3 is 6.09 Å². The van der Waals surface area contributed by atoms with E-state index in [1.165, 1.54) is 12.1 Å². The third-order valence-electron chi connectivity index (χ3n) is 4.54. The molecule has 1 saturated heterocycles. The highest BCUT2D eigenvalue weighted by Crippen LogP contribution is 2.45. The Kier molecular flexibility index (Phi) is 4.72. The van der Waals surface area contributed by atoms with Crippen LogP contribution >= 0.6 is 22.6 Å². The van der Waals surface area contributed by atoms with E-state index in [2.05, 4.69) is 0 Å². The summed E-state index contributed by atoms with van der Waals surface area (Å²) in [7, 11) is 0. The molecule has 1 saturated carbocycles. The van der Waals surface area contributed by atoms with Gasteiger partial charge in [-0.05, 0) is 74.4 Å². The van der Waals surface area contributed by atoms with Crippen molar-refractivity contribution in [2.75, 3.05) is 19.6 Å². The maximum Gasteiger partial charge on any atom is 0.410 e. The second kappa shape index (κ2) is 6.41. The molecule has 1 aliphatic carbocycles. The summed E-state index contributed by atoms with van der Waals surface area (Å²) in [6.45, 7) is 6.73. The minimum Gasteiger partial charge on any atom is -0.444 e. The summed E-state index contributed by atoms with van der Waals surface area (Å²) in [6.07, 6.45) is 1.29. The van der Waals surface area contributed by atoms with Gasteiger partial charge in [0.05, 0.1) is 11.1 Å². The summed E-state index contributed by atoms with van der Waals surface area (Å²) < 4.78 is 20.4. The van der Waals surface area contributed by atoms with Crippen LogP contribution < -0.4 is 0 Å². The average molecular weight is 460 g/mol. The fraction of sp³-hybridized carbons (Fsp3) is 0.556. The Morgan fingerprint density at radius 1 is 1.24 bits per heavy atom. The molecular weight excluding hydrogens is 438 g/mol. The van der Waals surface area contributed by atoms with E-state index in [1.54, 1.807) is 15.9 Å². The van der Waals surface area contributed by atoms with Crippen LogP contribution in [0.4, 0.5) is 9.18 Å². The first-order valence-electron chi connectivity index (χ1n) is 8.36. The number of halogens is 2. The molecule has 1 spiro atoms. The quantitative estimate of drug-likeness (QED) is 0.602. The highest BCUT2D eigenvalue weighted by molar-refractivity contribution is 14.1. The molecule has 1 aliphatic heterocycles. The number of hydrogen-bond donors (Lipinski definition) is 0. The first-order valence-corrected chi connectivity index (χ1v) is 9.44. The first kappa shape index (κ1) is 18.4. The van der Waals surface area contributed by atoms with Gasteiger partial charge < -0.3 is 14.5 Å². The Hall–Kier alpha value is -1.38. The van der Waals surface area contributed by atoms with Crippen LogP contribution in [-0.2, 0) is 4.74 Å². The Bertz CT molecular complexity index is 713. The van der Waals surface area contributed by atoms with Crippen molar-refractivity contribution in [2.45, 2.75) is 44.8 Å². The number of carbonyl (C=O) groups is 2. The zero-order chi connectivity index (χ0) is 18.4. The molecule has 0 N–H and O–H groups in total. The topological polar surface area (TPSA) is 49.9 Å². The van der Waals surface area contributed by atoms with Gasteiger partial charge in [-0.25, -0.2) is 9.18 Å². The molecule has 136 valence electrons. The van der Waals surface area contributed by atoms with Crippen LogP contribution in [0, 0.1) is 9.39 Å². The molecular formula is C18H22FIN2O3. The molecule has 5 nitrogen and oxygen atoms in total. The fourth-order valence-corrected chi connectivity index (χ4v) is 3.61. The average Bonchev–Trinajstić information content (AvgIpc) is 3.24. The lowest BCUT2D eigenvalue weighted by Gasteiger charge is -2.42. The third kappa shape index (κ3) is 3.91. The second-order valence-electron chi connectivity index (χ2n) is 7.71. The maximum atomic E-state index is 14.2. The maximum absolute atomic E-state index is 14.2. The standard InChI is InChI=1S/C18H22FIN2O3/c1-17(2,3)25-16(24)21-8-9-22(18(11-21)6-7-18)15(23)13-5-4-12(20)10-14(13)19/h4-5,10H,6-9,11H2,1-3H3. The highest BCUT2D eigenvalue weighted by atomic mass is 127. The molecule has 0 bridgehead atoms. The molecule has 1 aromatic rings. The third-order valence-corrected chi connectivity index (χ3v) is 5.21. The van der Waals surface area contributed by atoms with E-state index in [4.69, 9.17) is 4.74 Å². The van der Waals surface area contributed by atoms with Crippen molar-refractivity contribution in [3.63, 3.8) is 0 Å². The summed E-state index contributed by atoms with van der Waals surface area (Å²) in [5.74, 6) is -0.794. The molecule has 1 aromatic carbocycles. The summed E-state index contributed by atoms with van der Waals surface area (Å²) in [5.41, 5.74) is -0.829.